The average Bonchev–Trinajstić information content (AvgIpc) is 2.37. The SMILES string of the molecule is CCOC(=O)CC(O[Si](C)(C)C(C)(C)C)c1ccccc1. The Morgan fingerprint density at radius 2 is 1.76 bits per heavy atom. The van der Waals surface area contributed by atoms with Crippen molar-refractivity contribution < 1.29 is 14.0 Å². The molecule has 1 aromatic rings. The minimum absolute atomic E-state index is 0.106. The van der Waals surface area contributed by atoms with E-state index in [2.05, 4.69) is 33.9 Å². The van der Waals surface area contributed by atoms with Crippen LogP contribution in [0.2, 0.25) is 18.1 Å². The van der Waals surface area contributed by atoms with E-state index in [1.165, 1.54) is 0 Å². The Bertz CT molecular complexity index is 449. The van der Waals surface area contributed by atoms with Crippen LogP contribution in [0.5, 0.6) is 0 Å². The first-order chi connectivity index (χ1) is 9.67. The van der Waals surface area contributed by atoms with Crippen LogP contribution in [0.3, 0.4) is 0 Å². The van der Waals surface area contributed by atoms with Crippen LogP contribution in [0.15, 0.2) is 30.3 Å². The van der Waals surface area contributed by atoms with Gasteiger partial charge in [0.2, 0.25) is 0 Å². The molecule has 0 aromatic heterocycles. The van der Waals surface area contributed by atoms with Crippen LogP contribution in [0, 0.1) is 0 Å². The number of carbonyl (C=O) groups excluding carboxylic acids is 1. The van der Waals surface area contributed by atoms with Gasteiger partial charge in [-0.1, -0.05) is 51.1 Å². The monoisotopic (exact) mass is 308 g/mol. The van der Waals surface area contributed by atoms with Crippen LogP contribution >= 0.6 is 0 Å². The van der Waals surface area contributed by atoms with E-state index in [0.717, 1.165) is 5.56 Å². The molecule has 0 aliphatic rings. The first-order valence-corrected chi connectivity index (χ1v) is 10.5. The van der Waals surface area contributed by atoms with Gasteiger partial charge in [-0.25, -0.2) is 0 Å². The summed E-state index contributed by atoms with van der Waals surface area (Å²) in [6.45, 7) is 13.2. The smallest absolute Gasteiger partial charge is 0.308 e. The second kappa shape index (κ2) is 7.23. The lowest BCUT2D eigenvalue weighted by atomic mass is 10.1. The molecule has 1 unspecified atom stereocenters. The van der Waals surface area contributed by atoms with E-state index in [9.17, 15) is 4.79 Å². The molecule has 0 bridgehead atoms. The molecule has 0 N–H and O–H groups in total. The predicted molar refractivity (Wildman–Crippen MR) is 88.7 cm³/mol. The molecule has 1 atom stereocenters. The summed E-state index contributed by atoms with van der Waals surface area (Å²) in [7, 11) is -1.95. The van der Waals surface area contributed by atoms with E-state index in [1.807, 2.05) is 37.3 Å². The first-order valence-electron chi connectivity index (χ1n) is 7.56. The average molecular weight is 308 g/mol. The van der Waals surface area contributed by atoms with Crippen molar-refractivity contribution in [2.24, 2.45) is 0 Å². The summed E-state index contributed by atoms with van der Waals surface area (Å²) in [6, 6.07) is 9.94. The Hall–Kier alpha value is -1.13. The van der Waals surface area contributed by atoms with Crippen LogP contribution in [0.1, 0.15) is 45.8 Å². The highest BCUT2D eigenvalue weighted by atomic mass is 28.4. The Morgan fingerprint density at radius 3 is 2.24 bits per heavy atom. The zero-order valence-corrected chi connectivity index (χ0v) is 15.1. The number of hydrogen-bond donors (Lipinski definition) is 0. The van der Waals surface area contributed by atoms with Gasteiger partial charge < -0.3 is 9.16 Å². The van der Waals surface area contributed by atoms with Crippen molar-refractivity contribution in [1.82, 2.24) is 0 Å². The van der Waals surface area contributed by atoms with Gasteiger partial charge in [0.25, 0.3) is 0 Å². The van der Waals surface area contributed by atoms with Crippen molar-refractivity contribution in [2.45, 2.75) is 58.4 Å². The molecular formula is C17H28O3Si. The molecular weight excluding hydrogens is 280 g/mol. The summed E-state index contributed by atoms with van der Waals surface area (Å²) in [5, 5.41) is 0.106. The standard InChI is InChI=1S/C17H28O3Si/c1-7-19-16(18)13-15(14-11-9-8-10-12-14)20-21(5,6)17(2,3)4/h8-12,15H,7,13H2,1-6H3. The van der Waals surface area contributed by atoms with Gasteiger partial charge in [0.05, 0.1) is 19.1 Å². The Balaban J connectivity index is 2.95. The minimum atomic E-state index is -1.95. The molecule has 0 heterocycles. The van der Waals surface area contributed by atoms with Crippen LogP contribution in [-0.4, -0.2) is 20.9 Å². The van der Waals surface area contributed by atoms with E-state index in [4.69, 9.17) is 9.16 Å². The number of benzene rings is 1. The molecule has 0 aliphatic heterocycles. The summed E-state index contributed by atoms with van der Waals surface area (Å²) in [6.07, 6.45) is 0.0378. The van der Waals surface area contributed by atoms with Gasteiger partial charge in [0, 0.05) is 0 Å². The third-order valence-electron chi connectivity index (χ3n) is 4.07. The van der Waals surface area contributed by atoms with Crippen LogP contribution < -0.4 is 0 Å². The van der Waals surface area contributed by atoms with Crippen molar-refractivity contribution in [2.75, 3.05) is 6.61 Å². The van der Waals surface area contributed by atoms with Crippen LogP contribution in [-0.2, 0) is 14.0 Å². The van der Waals surface area contributed by atoms with E-state index < -0.39 is 8.32 Å². The highest BCUT2D eigenvalue weighted by Crippen LogP contribution is 2.40. The van der Waals surface area contributed by atoms with Gasteiger partial charge in [-0.3, -0.25) is 4.79 Å². The number of esters is 1. The first kappa shape index (κ1) is 17.9. The van der Waals surface area contributed by atoms with E-state index >= 15 is 0 Å². The molecule has 1 rings (SSSR count). The maximum atomic E-state index is 11.9. The maximum Gasteiger partial charge on any atom is 0.308 e. The Kier molecular flexibility index (Phi) is 6.17. The van der Waals surface area contributed by atoms with Gasteiger partial charge in [-0.2, -0.15) is 0 Å². The van der Waals surface area contributed by atoms with Crippen LogP contribution in [0.4, 0.5) is 0 Å². The fourth-order valence-electron chi connectivity index (χ4n) is 1.80. The lowest BCUT2D eigenvalue weighted by molar-refractivity contribution is -0.145. The fraction of sp³-hybridized carbons (Fsp3) is 0.588. The molecule has 0 fully saturated rings. The van der Waals surface area contributed by atoms with Gasteiger partial charge in [0.15, 0.2) is 8.32 Å². The van der Waals surface area contributed by atoms with Crippen molar-refractivity contribution >= 4 is 14.3 Å². The molecule has 118 valence electrons. The van der Waals surface area contributed by atoms with E-state index in [-0.39, 0.29) is 23.5 Å². The molecule has 0 radical (unpaired) electrons. The summed E-state index contributed by atoms with van der Waals surface area (Å²) < 4.78 is 11.5. The number of ether oxygens (including phenoxy) is 1. The zero-order chi connectivity index (χ0) is 16.1. The van der Waals surface area contributed by atoms with Crippen molar-refractivity contribution in [3.8, 4) is 0 Å². The molecule has 0 spiro atoms. The van der Waals surface area contributed by atoms with Crippen molar-refractivity contribution in [1.29, 1.82) is 0 Å². The number of rotatable bonds is 6. The molecule has 3 nitrogen and oxygen atoms in total. The zero-order valence-electron chi connectivity index (χ0n) is 14.1. The minimum Gasteiger partial charge on any atom is -0.466 e. The molecule has 0 amide bonds. The van der Waals surface area contributed by atoms with E-state index in [0.29, 0.717) is 6.61 Å². The third kappa shape index (κ3) is 5.29. The Morgan fingerprint density at radius 1 is 1.19 bits per heavy atom. The number of carbonyl (C=O) groups is 1. The van der Waals surface area contributed by atoms with Gasteiger partial charge in [-0.05, 0) is 30.6 Å². The predicted octanol–water partition coefficient (Wildman–Crippen LogP) is 4.70. The van der Waals surface area contributed by atoms with E-state index in [1.54, 1.807) is 0 Å². The molecule has 0 aliphatic carbocycles. The van der Waals surface area contributed by atoms with Crippen LogP contribution in [0.25, 0.3) is 0 Å². The Labute approximate surface area is 129 Å². The quantitative estimate of drug-likeness (QED) is 0.564. The van der Waals surface area contributed by atoms with Gasteiger partial charge in [-0.15, -0.1) is 0 Å². The second-order valence-corrected chi connectivity index (χ2v) is 11.5. The second-order valence-electron chi connectivity index (χ2n) is 6.79. The largest absolute Gasteiger partial charge is 0.466 e. The summed E-state index contributed by atoms with van der Waals surface area (Å²) in [5.41, 5.74) is 1.04. The normalized spacial score (nSPS) is 13.8. The van der Waals surface area contributed by atoms with Gasteiger partial charge in [0.1, 0.15) is 0 Å². The number of hydrogen-bond acceptors (Lipinski definition) is 3. The molecule has 4 heteroatoms. The molecule has 0 saturated carbocycles. The van der Waals surface area contributed by atoms with Gasteiger partial charge >= 0.3 is 5.97 Å². The topological polar surface area (TPSA) is 35.5 Å². The molecule has 0 saturated heterocycles. The summed E-state index contributed by atoms with van der Waals surface area (Å²) >= 11 is 0. The molecule has 1 aromatic carbocycles. The lowest BCUT2D eigenvalue weighted by Gasteiger charge is -2.39. The highest BCUT2D eigenvalue weighted by Gasteiger charge is 2.39. The summed E-state index contributed by atoms with van der Waals surface area (Å²) in [4.78, 5) is 11.9. The van der Waals surface area contributed by atoms with Crippen molar-refractivity contribution in [3.63, 3.8) is 0 Å². The van der Waals surface area contributed by atoms with Crippen molar-refractivity contribution in [3.05, 3.63) is 35.9 Å². The highest BCUT2D eigenvalue weighted by molar-refractivity contribution is 6.74. The molecule has 21 heavy (non-hydrogen) atoms. The fourth-order valence-corrected chi connectivity index (χ4v) is 3.08. The third-order valence-corrected chi connectivity index (χ3v) is 8.56. The lowest BCUT2D eigenvalue weighted by Crippen LogP contribution is -2.42. The summed E-state index contributed by atoms with van der Waals surface area (Å²) in [5.74, 6) is -0.204. The maximum absolute atomic E-state index is 11.9.